The molecule has 1 saturated heterocycles. The molecule has 15 heavy (non-hydrogen) atoms. The lowest BCUT2D eigenvalue weighted by Gasteiger charge is -2.30. The first-order chi connectivity index (χ1) is 7.15. The minimum absolute atomic E-state index is 0.0863. The predicted molar refractivity (Wildman–Crippen MR) is 55.8 cm³/mol. The van der Waals surface area contributed by atoms with E-state index >= 15 is 0 Å². The molecule has 2 heterocycles. The lowest BCUT2D eigenvalue weighted by Crippen LogP contribution is -2.49. The van der Waals surface area contributed by atoms with Crippen molar-refractivity contribution in [3.05, 3.63) is 11.8 Å². The molecule has 0 aliphatic carbocycles. The summed E-state index contributed by atoms with van der Waals surface area (Å²) >= 11 is 0. The standard InChI is InChI=1S/C11H16N2O2/c1-2-10(14)9-6-4-7-3-5-8(12)11(15)13(7)9/h3,8-9H,2,4-6,12H2,1H3/t8-,9-/m0/s1. The first kappa shape index (κ1) is 10.4. The second-order valence-corrected chi connectivity index (χ2v) is 4.12. The molecule has 0 aromatic rings. The number of nitrogens with zero attached hydrogens (tertiary/aromatic N) is 1. The number of rotatable bonds is 2. The Morgan fingerprint density at radius 1 is 1.67 bits per heavy atom. The zero-order valence-corrected chi connectivity index (χ0v) is 8.90. The molecule has 4 heteroatoms. The van der Waals surface area contributed by atoms with E-state index in [4.69, 9.17) is 5.73 Å². The highest BCUT2D eigenvalue weighted by molar-refractivity contribution is 5.93. The Labute approximate surface area is 89.1 Å². The van der Waals surface area contributed by atoms with Crippen molar-refractivity contribution >= 4 is 11.7 Å². The maximum Gasteiger partial charge on any atom is 0.244 e. The van der Waals surface area contributed by atoms with Gasteiger partial charge in [0.05, 0.1) is 12.1 Å². The van der Waals surface area contributed by atoms with Crippen molar-refractivity contribution in [2.24, 2.45) is 5.73 Å². The van der Waals surface area contributed by atoms with Gasteiger partial charge >= 0.3 is 0 Å². The third kappa shape index (κ3) is 1.59. The molecule has 0 radical (unpaired) electrons. The van der Waals surface area contributed by atoms with Crippen LogP contribution in [0.2, 0.25) is 0 Å². The van der Waals surface area contributed by atoms with Crippen LogP contribution >= 0.6 is 0 Å². The Morgan fingerprint density at radius 3 is 3.07 bits per heavy atom. The highest BCUT2D eigenvalue weighted by Crippen LogP contribution is 2.32. The van der Waals surface area contributed by atoms with Gasteiger partial charge in [0, 0.05) is 12.1 Å². The molecule has 0 aromatic heterocycles. The summed E-state index contributed by atoms with van der Waals surface area (Å²) in [6.07, 6.45) is 4.68. The molecular weight excluding hydrogens is 192 g/mol. The molecule has 0 unspecified atom stereocenters. The minimum atomic E-state index is -0.459. The molecule has 2 N–H and O–H groups in total. The lowest BCUT2D eigenvalue weighted by molar-refractivity contribution is -0.137. The largest absolute Gasteiger partial charge is 0.320 e. The van der Waals surface area contributed by atoms with Crippen molar-refractivity contribution in [1.29, 1.82) is 0 Å². The van der Waals surface area contributed by atoms with Gasteiger partial charge in [-0.2, -0.15) is 0 Å². The van der Waals surface area contributed by atoms with Gasteiger partial charge in [0.1, 0.15) is 0 Å². The van der Waals surface area contributed by atoms with Crippen molar-refractivity contribution in [2.45, 2.75) is 44.7 Å². The molecular formula is C11H16N2O2. The van der Waals surface area contributed by atoms with Crippen molar-refractivity contribution in [2.75, 3.05) is 0 Å². The van der Waals surface area contributed by atoms with Gasteiger partial charge in [-0.05, 0) is 19.3 Å². The number of hydrogen-bond donors (Lipinski definition) is 1. The molecule has 0 saturated carbocycles. The Morgan fingerprint density at radius 2 is 2.40 bits per heavy atom. The molecule has 2 rings (SSSR count). The van der Waals surface area contributed by atoms with Crippen LogP contribution in [0.5, 0.6) is 0 Å². The van der Waals surface area contributed by atoms with Crippen LogP contribution in [0.4, 0.5) is 0 Å². The smallest absolute Gasteiger partial charge is 0.244 e. The summed E-state index contributed by atoms with van der Waals surface area (Å²) in [4.78, 5) is 25.1. The van der Waals surface area contributed by atoms with Gasteiger partial charge in [-0.3, -0.25) is 9.59 Å². The van der Waals surface area contributed by atoms with Gasteiger partial charge in [0.25, 0.3) is 0 Å². The van der Waals surface area contributed by atoms with Crippen LogP contribution in [0, 0.1) is 0 Å². The van der Waals surface area contributed by atoms with Gasteiger partial charge in [-0.15, -0.1) is 0 Å². The SMILES string of the molecule is CCC(=O)[C@@H]1CCC2=CC[C@H](N)C(=O)N21. The van der Waals surface area contributed by atoms with Crippen LogP contribution in [0.3, 0.4) is 0 Å². The normalized spacial score (nSPS) is 30.1. The van der Waals surface area contributed by atoms with E-state index in [-0.39, 0.29) is 17.7 Å². The number of carbonyl (C=O) groups excluding carboxylic acids is 2. The van der Waals surface area contributed by atoms with E-state index in [1.54, 1.807) is 4.90 Å². The van der Waals surface area contributed by atoms with Crippen molar-refractivity contribution < 1.29 is 9.59 Å². The molecule has 0 bridgehead atoms. The summed E-state index contributed by atoms with van der Waals surface area (Å²) in [7, 11) is 0. The van der Waals surface area contributed by atoms with E-state index in [1.807, 2.05) is 13.0 Å². The first-order valence-electron chi connectivity index (χ1n) is 5.45. The van der Waals surface area contributed by atoms with Crippen LogP contribution in [0.15, 0.2) is 11.8 Å². The first-order valence-corrected chi connectivity index (χ1v) is 5.45. The van der Waals surface area contributed by atoms with Crippen LogP contribution in [0.1, 0.15) is 32.6 Å². The molecule has 2 atom stereocenters. The predicted octanol–water partition coefficient (Wildman–Crippen LogP) is 0.571. The fourth-order valence-electron chi connectivity index (χ4n) is 2.31. The Balaban J connectivity index is 2.26. The molecule has 0 aromatic carbocycles. The molecule has 2 aliphatic heterocycles. The molecule has 0 spiro atoms. The average Bonchev–Trinajstić information content (AvgIpc) is 2.67. The van der Waals surface area contributed by atoms with Gasteiger partial charge in [0.2, 0.25) is 5.91 Å². The zero-order chi connectivity index (χ0) is 11.0. The fraction of sp³-hybridized carbons (Fsp3) is 0.636. The lowest BCUT2D eigenvalue weighted by atomic mass is 10.1. The summed E-state index contributed by atoms with van der Waals surface area (Å²) in [5.74, 6) is 0.0534. The third-order valence-electron chi connectivity index (χ3n) is 3.18. The second-order valence-electron chi connectivity index (χ2n) is 4.12. The average molecular weight is 208 g/mol. The monoisotopic (exact) mass is 208 g/mol. The van der Waals surface area contributed by atoms with E-state index in [2.05, 4.69) is 0 Å². The summed E-state index contributed by atoms with van der Waals surface area (Å²) in [6, 6.07) is -0.709. The Hall–Kier alpha value is -1.16. The summed E-state index contributed by atoms with van der Waals surface area (Å²) in [5.41, 5.74) is 6.68. The van der Waals surface area contributed by atoms with E-state index in [0.717, 1.165) is 18.5 Å². The van der Waals surface area contributed by atoms with E-state index in [9.17, 15) is 9.59 Å². The van der Waals surface area contributed by atoms with Crippen molar-refractivity contribution in [3.8, 4) is 0 Å². The second kappa shape index (κ2) is 3.77. The molecule has 1 amide bonds. The number of hydrogen-bond acceptors (Lipinski definition) is 3. The van der Waals surface area contributed by atoms with Crippen LogP contribution in [-0.2, 0) is 9.59 Å². The van der Waals surface area contributed by atoms with E-state index < -0.39 is 6.04 Å². The summed E-state index contributed by atoms with van der Waals surface area (Å²) < 4.78 is 0. The molecule has 4 nitrogen and oxygen atoms in total. The van der Waals surface area contributed by atoms with Crippen molar-refractivity contribution in [3.63, 3.8) is 0 Å². The number of fused-ring (bicyclic) bond motifs is 1. The van der Waals surface area contributed by atoms with Gasteiger partial charge in [-0.1, -0.05) is 13.0 Å². The van der Waals surface area contributed by atoms with Crippen LogP contribution in [-0.4, -0.2) is 28.7 Å². The van der Waals surface area contributed by atoms with Gasteiger partial charge in [0.15, 0.2) is 5.78 Å². The zero-order valence-electron chi connectivity index (χ0n) is 8.90. The van der Waals surface area contributed by atoms with Crippen molar-refractivity contribution in [1.82, 2.24) is 4.90 Å². The summed E-state index contributed by atoms with van der Waals surface area (Å²) in [6.45, 7) is 1.83. The number of carbonyl (C=O) groups is 2. The van der Waals surface area contributed by atoms with Crippen LogP contribution in [0.25, 0.3) is 0 Å². The molecule has 82 valence electrons. The van der Waals surface area contributed by atoms with E-state index in [0.29, 0.717) is 12.8 Å². The topological polar surface area (TPSA) is 63.4 Å². The third-order valence-corrected chi connectivity index (χ3v) is 3.18. The van der Waals surface area contributed by atoms with Crippen LogP contribution < -0.4 is 5.73 Å². The number of ketones is 1. The van der Waals surface area contributed by atoms with Gasteiger partial charge in [-0.25, -0.2) is 0 Å². The maximum atomic E-state index is 11.8. The number of Topliss-reactive ketones (excluding diaryl/α,β-unsaturated/α-hetero) is 1. The Kier molecular flexibility index (Phi) is 2.61. The minimum Gasteiger partial charge on any atom is -0.320 e. The Bertz CT molecular complexity index is 335. The highest BCUT2D eigenvalue weighted by atomic mass is 16.2. The van der Waals surface area contributed by atoms with Gasteiger partial charge < -0.3 is 10.6 Å². The van der Waals surface area contributed by atoms with E-state index in [1.165, 1.54) is 0 Å². The maximum absolute atomic E-state index is 11.8. The fourth-order valence-corrected chi connectivity index (χ4v) is 2.31. The number of amides is 1. The molecule has 1 fully saturated rings. The highest BCUT2D eigenvalue weighted by Gasteiger charge is 2.40. The quantitative estimate of drug-likeness (QED) is 0.721. The molecule has 2 aliphatic rings. The summed E-state index contributed by atoms with van der Waals surface area (Å²) in [5, 5.41) is 0. The number of allylic oxidation sites excluding steroid dienone is 1. The number of nitrogens with two attached hydrogens (primary N) is 1.